The van der Waals surface area contributed by atoms with Crippen molar-refractivity contribution in [2.24, 2.45) is 5.73 Å². The van der Waals surface area contributed by atoms with Crippen molar-refractivity contribution in [3.8, 4) is 5.75 Å². The number of hydrogen-bond donors (Lipinski definition) is 1. The SMILES string of the molecule is CC(C)(C)c1cc(CCCCN)ccc1OC(F)(F)F. The fraction of sp³-hybridized carbons (Fsp3) is 0.600. The third-order valence-corrected chi connectivity index (χ3v) is 3.00. The molecule has 1 rings (SSSR count). The lowest BCUT2D eigenvalue weighted by molar-refractivity contribution is -0.275. The number of nitrogens with two attached hydrogens (primary N) is 1. The van der Waals surface area contributed by atoms with Gasteiger partial charge in [-0.2, -0.15) is 0 Å². The van der Waals surface area contributed by atoms with Gasteiger partial charge in [0, 0.05) is 5.56 Å². The molecule has 2 nitrogen and oxygen atoms in total. The Balaban J connectivity index is 3.01. The second kappa shape index (κ2) is 6.48. The number of alkyl halides is 3. The Morgan fingerprint density at radius 1 is 1.10 bits per heavy atom. The van der Waals surface area contributed by atoms with E-state index in [1.807, 2.05) is 20.8 Å². The van der Waals surface area contributed by atoms with Gasteiger partial charge in [0.15, 0.2) is 0 Å². The van der Waals surface area contributed by atoms with Crippen LogP contribution < -0.4 is 10.5 Å². The average molecular weight is 289 g/mol. The maximum Gasteiger partial charge on any atom is 0.573 e. The predicted molar refractivity (Wildman–Crippen MR) is 73.8 cm³/mol. The molecule has 2 N–H and O–H groups in total. The van der Waals surface area contributed by atoms with Gasteiger partial charge < -0.3 is 10.5 Å². The first-order valence-corrected chi connectivity index (χ1v) is 6.73. The largest absolute Gasteiger partial charge is 0.573 e. The summed E-state index contributed by atoms with van der Waals surface area (Å²) >= 11 is 0. The molecular weight excluding hydrogens is 267 g/mol. The summed E-state index contributed by atoms with van der Waals surface area (Å²) in [6.07, 6.45) is -2.02. The summed E-state index contributed by atoms with van der Waals surface area (Å²) in [4.78, 5) is 0. The van der Waals surface area contributed by atoms with Crippen LogP contribution in [0.2, 0.25) is 0 Å². The van der Waals surface area contributed by atoms with Crippen LogP contribution in [0.5, 0.6) is 5.75 Å². The van der Waals surface area contributed by atoms with Crippen molar-refractivity contribution in [1.82, 2.24) is 0 Å². The molecule has 0 fully saturated rings. The average Bonchev–Trinajstić information content (AvgIpc) is 2.28. The molecular formula is C15H22F3NO. The first-order chi connectivity index (χ1) is 9.13. The third kappa shape index (κ3) is 5.41. The second-order valence-corrected chi connectivity index (χ2v) is 5.87. The van der Waals surface area contributed by atoms with Crippen LogP contribution >= 0.6 is 0 Å². The van der Waals surface area contributed by atoms with Gasteiger partial charge in [0.25, 0.3) is 0 Å². The number of unbranched alkanes of at least 4 members (excludes halogenated alkanes) is 1. The van der Waals surface area contributed by atoms with E-state index in [2.05, 4.69) is 4.74 Å². The highest BCUT2D eigenvalue weighted by Crippen LogP contribution is 2.35. The molecule has 1 aromatic rings. The summed E-state index contributed by atoms with van der Waals surface area (Å²) in [5.74, 6) is -0.118. The minimum Gasteiger partial charge on any atom is -0.405 e. The van der Waals surface area contributed by atoms with Crippen LogP contribution in [-0.4, -0.2) is 12.9 Å². The zero-order valence-electron chi connectivity index (χ0n) is 12.2. The molecule has 0 aliphatic rings. The van der Waals surface area contributed by atoms with Crippen molar-refractivity contribution in [2.45, 2.75) is 51.8 Å². The van der Waals surface area contributed by atoms with Gasteiger partial charge >= 0.3 is 6.36 Å². The quantitative estimate of drug-likeness (QED) is 0.826. The van der Waals surface area contributed by atoms with Crippen LogP contribution in [0.1, 0.15) is 44.7 Å². The number of halogens is 3. The zero-order chi connectivity index (χ0) is 15.4. The van der Waals surface area contributed by atoms with Crippen molar-refractivity contribution < 1.29 is 17.9 Å². The summed E-state index contributed by atoms with van der Waals surface area (Å²) in [7, 11) is 0. The summed E-state index contributed by atoms with van der Waals surface area (Å²) < 4.78 is 41.4. The molecule has 0 saturated heterocycles. The van der Waals surface area contributed by atoms with E-state index in [-0.39, 0.29) is 5.75 Å². The predicted octanol–water partition coefficient (Wildman–Crippen LogP) is 4.16. The van der Waals surface area contributed by atoms with Gasteiger partial charge in [-0.25, -0.2) is 0 Å². The Morgan fingerprint density at radius 3 is 2.25 bits per heavy atom. The molecule has 0 heterocycles. The van der Waals surface area contributed by atoms with Crippen molar-refractivity contribution in [3.05, 3.63) is 29.3 Å². The highest BCUT2D eigenvalue weighted by atomic mass is 19.4. The summed E-state index contributed by atoms with van der Waals surface area (Å²) in [6, 6.07) is 4.90. The lowest BCUT2D eigenvalue weighted by Crippen LogP contribution is -2.21. The van der Waals surface area contributed by atoms with Gasteiger partial charge in [0.2, 0.25) is 0 Å². The molecule has 0 unspecified atom stereocenters. The highest BCUT2D eigenvalue weighted by Gasteiger charge is 2.33. The lowest BCUT2D eigenvalue weighted by atomic mass is 9.85. The molecule has 114 valence electrons. The second-order valence-electron chi connectivity index (χ2n) is 5.87. The van der Waals surface area contributed by atoms with Gasteiger partial charge in [-0.05, 0) is 42.9 Å². The Bertz CT molecular complexity index is 436. The van der Waals surface area contributed by atoms with Crippen LogP contribution in [-0.2, 0) is 11.8 Å². The monoisotopic (exact) mass is 289 g/mol. The normalized spacial score (nSPS) is 12.6. The molecule has 0 aliphatic heterocycles. The van der Waals surface area contributed by atoms with E-state index in [0.717, 1.165) is 24.8 Å². The molecule has 1 aromatic carbocycles. The maximum atomic E-state index is 12.4. The number of benzene rings is 1. The molecule has 0 spiro atoms. The lowest BCUT2D eigenvalue weighted by Gasteiger charge is -2.24. The zero-order valence-corrected chi connectivity index (χ0v) is 12.2. The Hall–Kier alpha value is -1.23. The molecule has 5 heteroatoms. The van der Waals surface area contributed by atoms with E-state index in [1.54, 1.807) is 12.1 Å². The Morgan fingerprint density at radius 2 is 1.75 bits per heavy atom. The smallest absolute Gasteiger partial charge is 0.405 e. The van der Waals surface area contributed by atoms with Gasteiger partial charge in [0.05, 0.1) is 0 Å². The standard InChI is InChI=1S/C15H22F3NO/c1-14(2,3)12-10-11(6-4-5-9-19)7-8-13(12)20-15(16,17)18/h7-8,10H,4-6,9,19H2,1-3H3. The van der Waals surface area contributed by atoms with Crippen LogP contribution in [0, 0.1) is 0 Å². The van der Waals surface area contributed by atoms with E-state index < -0.39 is 11.8 Å². The molecule has 0 radical (unpaired) electrons. The molecule has 0 bridgehead atoms. The van der Waals surface area contributed by atoms with Crippen molar-refractivity contribution >= 4 is 0 Å². The van der Waals surface area contributed by atoms with Crippen LogP contribution in [0.4, 0.5) is 13.2 Å². The van der Waals surface area contributed by atoms with E-state index in [0.29, 0.717) is 12.1 Å². The number of rotatable bonds is 5. The summed E-state index contributed by atoms with van der Waals surface area (Å²) in [5, 5.41) is 0. The van der Waals surface area contributed by atoms with Crippen LogP contribution in [0.25, 0.3) is 0 Å². The van der Waals surface area contributed by atoms with Crippen molar-refractivity contribution in [2.75, 3.05) is 6.54 Å². The van der Waals surface area contributed by atoms with Crippen LogP contribution in [0.3, 0.4) is 0 Å². The van der Waals surface area contributed by atoms with Crippen LogP contribution in [0.15, 0.2) is 18.2 Å². The molecule has 0 amide bonds. The minimum absolute atomic E-state index is 0.118. The fourth-order valence-corrected chi connectivity index (χ4v) is 2.01. The first-order valence-electron chi connectivity index (χ1n) is 6.73. The third-order valence-electron chi connectivity index (χ3n) is 3.00. The van der Waals surface area contributed by atoms with Crippen molar-refractivity contribution in [1.29, 1.82) is 0 Å². The topological polar surface area (TPSA) is 35.2 Å². The van der Waals surface area contributed by atoms with E-state index in [4.69, 9.17) is 5.73 Å². The number of ether oxygens (including phenoxy) is 1. The maximum absolute atomic E-state index is 12.4. The molecule has 0 atom stereocenters. The van der Waals surface area contributed by atoms with Crippen molar-refractivity contribution in [3.63, 3.8) is 0 Å². The molecule has 20 heavy (non-hydrogen) atoms. The van der Waals surface area contributed by atoms with Gasteiger partial charge in [-0.15, -0.1) is 13.2 Å². The molecule has 0 saturated carbocycles. The van der Waals surface area contributed by atoms with Gasteiger partial charge in [-0.3, -0.25) is 0 Å². The number of hydrogen-bond acceptors (Lipinski definition) is 2. The van der Waals surface area contributed by atoms with E-state index >= 15 is 0 Å². The van der Waals surface area contributed by atoms with Gasteiger partial charge in [0.1, 0.15) is 5.75 Å². The number of aryl methyl sites for hydroxylation is 1. The summed E-state index contributed by atoms with van der Waals surface area (Å²) in [5.41, 5.74) is 6.61. The fourth-order valence-electron chi connectivity index (χ4n) is 2.01. The molecule has 0 aromatic heterocycles. The van der Waals surface area contributed by atoms with E-state index in [1.165, 1.54) is 6.07 Å². The summed E-state index contributed by atoms with van der Waals surface area (Å²) in [6.45, 7) is 6.24. The Kier molecular flexibility index (Phi) is 5.45. The first kappa shape index (κ1) is 16.8. The minimum atomic E-state index is -4.67. The highest BCUT2D eigenvalue weighted by molar-refractivity contribution is 5.41. The van der Waals surface area contributed by atoms with Gasteiger partial charge in [-0.1, -0.05) is 32.9 Å². The molecule has 0 aliphatic carbocycles. The van der Waals surface area contributed by atoms with E-state index in [9.17, 15) is 13.2 Å². The Labute approximate surface area is 118 Å².